The molecule has 0 aromatic heterocycles. The van der Waals surface area contributed by atoms with Crippen molar-refractivity contribution in [2.45, 2.75) is 43.5 Å². The molecule has 114 valence electrons. The van der Waals surface area contributed by atoms with E-state index >= 15 is 0 Å². The molecule has 6 heteroatoms. The minimum atomic E-state index is -3.59. The highest BCUT2D eigenvalue weighted by Crippen LogP contribution is 2.28. The van der Waals surface area contributed by atoms with Gasteiger partial charge in [0.2, 0.25) is 10.0 Å². The van der Waals surface area contributed by atoms with Crippen molar-refractivity contribution in [2.75, 3.05) is 6.61 Å². The molecule has 0 saturated heterocycles. The monoisotopic (exact) mass is 309 g/mol. The SMILES string of the molecule is O=C(NS(=O)(=O)C1CCCC1)C1OCCc2ccccc21. The van der Waals surface area contributed by atoms with Crippen molar-refractivity contribution in [1.82, 2.24) is 4.72 Å². The molecule has 1 saturated carbocycles. The molecule has 21 heavy (non-hydrogen) atoms. The molecule has 1 aromatic carbocycles. The Kier molecular flexibility index (Phi) is 3.99. The highest BCUT2D eigenvalue weighted by atomic mass is 32.2. The van der Waals surface area contributed by atoms with Gasteiger partial charge >= 0.3 is 0 Å². The topological polar surface area (TPSA) is 72.5 Å². The summed E-state index contributed by atoms with van der Waals surface area (Å²) in [6, 6.07) is 7.51. The van der Waals surface area contributed by atoms with Crippen LogP contribution in [0.15, 0.2) is 24.3 Å². The van der Waals surface area contributed by atoms with Gasteiger partial charge in [-0.2, -0.15) is 0 Å². The molecule has 0 radical (unpaired) electrons. The lowest BCUT2D eigenvalue weighted by Crippen LogP contribution is -2.41. The first-order chi connectivity index (χ1) is 10.1. The number of hydrogen-bond donors (Lipinski definition) is 1. The highest BCUT2D eigenvalue weighted by molar-refractivity contribution is 7.90. The van der Waals surface area contributed by atoms with Crippen molar-refractivity contribution < 1.29 is 17.9 Å². The molecule has 1 amide bonds. The molecule has 1 aromatic rings. The van der Waals surface area contributed by atoms with Crippen LogP contribution in [0.2, 0.25) is 0 Å². The second-order valence-electron chi connectivity index (χ2n) is 5.62. The van der Waals surface area contributed by atoms with Crippen LogP contribution in [-0.4, -0.2) is 26.2 Å². The van der Waals surface area contributed by atoms with Crippen molar-refractivity contribution in [2.24, 2.45) is 0 Å². The van der Waals surface area contributed by atoms with Crippen LogP contribution in [0.5, 0.6) is 0 Å². The average Bonchev–Trinajstić information content (AvgIpc) is 3.01. The minimum absolute atomic E-state index is 0.429. The van der Waals surface area contributed by atoms with E-state index in [0.29, 0.717) is 19.4 Å². The van der Waals surface area contributed by atoms with Crippen molar-refractivity contribution in [3.05, 3.63) is 35.4 Å². The lowest BCUT2D eigenvalue weighted by Gasteiger charge is -2.25. The van der Waals surface area contributed by atoms with Gasteiger partial charge in [-0.25, -0.2) is 8.42 Å². The summed E-state index contributed by atoms with van der Waals surface area (Å²) in [5.41, 5.74) is 1.81. The minimum Gasteiger partial charge on any atom is -0.363 e. The first-order valence-corrected chi connectivity index (χ1v) is 8.87. The fourth-order valence-corrected chi connectivity index (χ4v) is 4.59. The number of benzene rings is 1. The molecule has 1 unspecified atom stereocenters. The van der Waals surface area contributed by atoms with Crippen LogP contribution in [0.25, 0.3) is 0 Å². The normalized spacial score (nSPS) is 22.8. The summed E-state index contributed by atoms with van der Waals surface area (Å²) < 4.78 is 32.1. The third kappa shape index (κ3) is 2.96. The Morgan fingerprint density at radius 3 is 2.67 bits per heavy atom. The number of fused-ring (bicyclic) bond motifs is 1. The van der Waals surface area contributed by atoms with Crippen LogP contribution in [0.3, 0.4) is 0 Å². The number of carbonyl (C=O) groups excluding carboxylic acids is 1. The molecule has 1 atom stereocenters. The number of carbonyl (C=O) groups is 1. The van der Waals surface area contributed by atoms with Crippen LogP contribution in [-0.2, 0) is 26.0 Å². The molecule has 1 aliphatic carbocycles. The standard InChI is InChI=1S/C15H19NO4S/c17-15(16-21(18,19)12-6-2-3-7-12)14-13-8-4-1-5-11(13)9-10-20-14/h1,4-5,8,12,14H,2-3,6-7,9-10H2,(H,16,17). The second-order valence-corrected chi connectivity index (χ2v) is 7.58. The van der Waals surface area contributed by atoms with Gasteiger partial charge in [-0.1, -0.05) is 37.1 Å². The Morgan fingerprint density at radius 2 is 1.90 bits per heavy atom. The molecule has 0 bridgehead atoms. The number of amides is 1. The van der Waals surface area contributed by atoms with Gasteiger partial charge in [0.25, 0.3) is 5.91 Å². The van der Waals surface area contributed by atoms with E-state index in [1.165, 1.54) is 0 Å². The van der Waals surface area contributed by atoms with Crippen LogP contribution in [0.4, 0.5) is 0 Å². The van der Waals surface area contributed by atoms with E-state index in [0.717, 1.165) is 30.4 Å². The fourth-order valence-electron chi connectivity index (χ4n) is 3.09. The molecule has 1 heterocycles. The first kappa shape index (κ1) is 14.5. The number of ether oxygens (including phenoxy) is 1. The molecule has 0 spiro atoms. The van der Waals surface area contributed by atoms with Crippen LogP contribution >= 0.6 is 0 Å². The Morgan fingerprint density at radius 1 is 1.19 bits per heavy atom. The van der Waals surface area contributed by atoms with Crippen molar-refractivity contribution in [3.63, 3.8) is 0 Å². The van der Waals surface area contributed by atoms with Gasteiger partial charge in [-0.3, -0.25) is 9.52 Å². The maximum atomic E-state index is 12.3. The smallest absolute Gasteiger partial charge is 0.267 e. The van der Waals surface area contributed by atoms with E-state index in [1.807, 2.05) is 24.3 Å². The fraction of sp³-hybridized carbons (Fsp3) is 0.533. The molecule has 1 N–H and O–H groups in total. The predicted octanol–water partition coefficient (Wildman–Crippen LogP) is 1.69. The summed E-state index contributed by atoms with van der Waals surface area (Å²) >= 11 is 0. The summed E-state index contributed by atoms with van der Waals surface area (Å²) in [5.74, 6) is -0.575. The van der Waals surface area contributed by atoms with Gasteiger partial charge in [0.1, 0.15) is 0 Å². The van der Waals surface area contributed by atoms with E-state index in [1.54, 1.807) is 0 Å². The van der Waals surface area contributed by atoms with E-state index < -0.39 is 27.3 Å². The van der Waals surface area contributed by atoms with E-state index in [-0.39, 0.29) is 0 Å². The summed E-state index contributed by atoms with van der Waals surface area (Å²) in [5, 5.41) is -0.444. The maximum Gasteiger partial charge on any atom is 0.267 e. The quantitative estimate of drug-likeness (QED) is 0.922. The average molecular weight is 309 g/mol. The van der Waals surface area contributed by atoms with E-state index in [4.69, 9.17) is 4.74 Å². The lowest BCUT2D eigenvalue weighted by molar-refractivity contribution is -0.132. The highest BCUT2D eigenvalue weighted by Gasteiger charge is 2.34. The molecule has 5 nitrogen and oxygen atoms in total. The van der Waals surface area contributed by atoms with E-state index in [2.05, 4.69) is 4.72 Å². The third-order valence-corrected chi connectivity index (χ3v) is 6.05. The maximum absolute atomic E-state index is 12.3. The molecule has 1 aliphatic heterocycles. The molecule has 3 rings (SSSR count). The van der Waals surface area contributed by atoms with E-state index in [9.17, 15) is 13.2 Å². The summed E-state index contributed by atoms with van der Waals surface area (Å²) in [6.45, 7) is 0.429. The lowest BCUT2D eigenvalue weighted by atomic mass is 9.97. The number of sulfonamides is 1. The first-order valence-electron chi connectivity index (χ1n) is 7.33. The van der Waals surface area contributed by atoms with Crippen LogP contribution in [0, 0.1) is 0 Å². The Bertz CT molecular complexity index is 635. The number of hydrogen-bond acceptors (Lipinski definition) is 4. The van der Waals surface area contributed by atoms with Gasteiger partial charge < -0.3 is 4.74 Å². The third-order valence-electron chi connectivity index (χ3n) is 4.22. The molecule has 1 fully saturated rings. The zero-order valence-electron chi connectivity index (χ0n) is 11.7. The van der Waals surface area contributed by atoms with Gasteiger partial charge in [0.15, 0.2) is 6.10 Å². The summed E-state index contributed by atoms with van der Waals surface area (Å²) in [4.78, 5) is 12.3. The van der Waals surface area contributed by atoms with Crippen molar-refractivity contribution >= 4 is 15.9 Å². The van der Waals surface area contributed by atoms with Gasteiger partial charge in [0.05, 0.1) is 11.9 Å². The van der Waals surface area contributed by atoms with Crippen molar-refractivity contribution in [3.8, 4) is 0 Å². The van der Waals surface area contributed by atoms with Gasteiger partial charge in [0, 0.05) is 0 Å². The zero-order chi connectivity index (χ0) is 14.9. The van der Waals surface area contributed by atoms with Crippen LogP contribution in [0.1, 0.15) is 42.9 Å². The Labute approximate surface area is 124 Å². The Hall–Kier alpha value is -1.40. The summed E-state index contributed by atoms with van der Waals surface area (Å²) in [6.07, 6.45) is 2.99. The van der Waals surface area contributed by atoms with Gasteiger partial charge in [-0.05, 0) is 30.4 Å². The number of nitrogens with one attached hydrogen (secondary N) is 1. The second kappa shape index (κ2) is 5.77. The number of rotatable bonds is 3. The van der Waals surface area contributed by atoms with Crippen molar-refractivity contribution in [1.29, 1.82) is 0 Å². The van der Waals surface area contributed by atoms with Crippen LogP contribution < -0.4 is 4.72 Å². The predicted molar refractivity (Wildman–Crippen MR) is 78.2 cm³/mol. The molecular formula is C15H19NO4S. The van der Waals surface area contributed by atoms with Gasteiger partial charge in [-0.15, -0.1) is 0 Å². The Balaban J connectivity index is 1.77. The molecule has 2 aliphatic rings. The zero-order valence-corrected chi connectivity index (χ0v) is 12.6. The molecular weight excluding hydrogens is 290 g/mol. The summed E-state index contributed by atoms with van der Waals surface area (Å²) in [7, 11) is -3.59. The largest absolute Gasteiger partial charge is 0.363 e.